The smallest absolute Gasteiger partial charge is 0.0344 e. The van der Waals surface area contributed by atoms with Gasteiger partial charge in [0.25, 0.3) is 0 Å². The molecule has 16 heavy (non-hydrogen) atoms. The maximum atomic E-state index is 2.45. The first-order chi connectivity index (χ1) is 6.83. The van der Waals surface area contributed by atoms with E-state index in [2.05, 4.69) is 55.4 Å². The van der Waals surface area contributed by atoms with E-state index in [-0.39, 0.29) is 0 Å². The molecule has 0 aromatic heterocycles. The van der Waals surface area contributed by atoms with Gasteiger partial charge in [-0.1, -0.05) is 55.4 Å². The molecule has 0 aromatic carbocycles. The van der Waals surface area contributed by atoms with E-state index in [1.54, 1.807) is 0 Å². The highest BCUT2D eigenvalue weighted by Gasteiger charge is 2.42. The highest BCUT2D eigenvalue weighted by molar-refractivity contribution is 4.93. The van der Waals surface area contributed by atoms with E-state index >= 15 is 0 Å². The minimum Gasteiger partial charge on any atom is -0.0599 e. The van der Waals surface area contributed by atoms with Crippen LogP contribution in [0.1, 0.15) is 81.1 Å². The quantitative estimate of drug-likeness (QED) is 0.497. The van der Waals surface area contributed by atoms with E-state index in [1.807, 2.05) is 0 Å². The summed E-state index contributed by atoms with van der Waals surface area (Å²) in [5.74, 6) is 0. The van der Waals surface area contributed by atoms with Gasteiger partial charge in [0.2, 0.25) is 0 Å². The second-order valence-electron chi connectivity index (χ2n) is 9.36. The Labute approximate surface area is 103 Å². The zero-order valence-electron chi connectivity index (χ0n) is 12.8. The van der Waals surface area contributed by atoms with Gasteiger partial charge in [0, 0.05) is 0 Å². The van der Waals surface area contributed by atoms with Crippen molar-refractivity contribution >= 4 is 0 Å². The van der Waals surface area contributed by atoms with Gasteiger partial charge < -0.3 is 0 Å². The fourth-order valence-electron chi connectivity index (χ4n) is 5.43. The third-order valence-corrected chi connectivity index (χ3v) is 3.83. The molecule has 0 heteroatoms. The van der Waals surface area contributed by atoms with E-state index in [0.717, 1.165) is 0 Å². The van der Waals surface area contributed by atoms with Crippen LogP contribution >= 0.6 is 0 Å². The van der Waals surface area contributed by atoms with Gasteiger partial charge in [0.15, 0.2) is 0 Å². The summed E-state index contributed by atoms with van der Waals surface area (Å²) in [6.07, 6.45) is 5.42. The van der Waals surface area contributed by atoms with Crippen molar-refractivity contribution in [2.75, 3.05) is 0 Å². The number of hydrogen-bond acceptors (Lipinski definition) is 0. The van der Waals surface area contributed by atoms with E-state index < -0.39 is 0 Å². The molecule has 96 valence electrons. The van der Waals surface area contributed by atoms with Gasteiger partial charge >= 0.3 is 0 Å². The fraction of sp³-hybridized carbons (Fsp3) is 1.00. The first-order valence-electron chi connectivity index (χ1n) is 6.83. The Hall–Kier alpha value is 0. The van der Waals surface area contributed by atoms with E-state index in [4.69, 9.17) is 0 Å². The summed E-state index contributed by atoms with van der Waals surface area (Å²) in [4.78, 5) is 0. The van der Waals surface area contributed by atoms with Crippen molar-refractivity contribution < 1.29 is 0 Å². The van der Waals surface area contributed by atoms with E-state index in [0.29, 0.717) is 21.7 Å². The van der Waals surface area contributed by atoms with Gasteiger partial charge in [-0.3, -0.25) is 0 Å². The molecular formula is C16H32. The second kappa shape index (κ2) is 3.75. The molecule has 0 bridgehead atoms. The first-order valence-corrected chi connectivity index (χ1v) is 6.83. The SMILES string of the molecule is CC1(C)CC(C)(C)CC(C)(C)CC(C)(C)C1. The molecule has 0 nitrogen and oxygen atoms in total. The van der Waals surface area contributed by atoms with Crippen molar-refractivity contribution in [2.45, 2.75) is 81.1 Å². The Morgan fingerprint density at radius 3 is 0.625 bits per heavy atom. The largest absolute Gasteiger partial charge is 0.0599 e. The summed E-state index contributed by atoms with van der Waals surface area (Å²) in [5.41, 5.74) is 1.96. The molecule has 0 amide bonds. The Morgan fingerprint density at radius 2 is 0.500 bits per heavy atom. The average molecular weight is 224 g/mol. The molecule has 0 aliphatic heterocycles. The van der Waals surface area contributed by atoms with Crippen LogP contribution in [0.4, 0.5) is 0 Å². The molecule has 0 unspecified atom stereocenters. The van der Waals surface area contributed by atoms with Crippen LogP contribution in [-0.4, -0.2) is 0 Å². The van der Waals surface area contributed by atoms with Crippen molar-refractivity contribution in [1.29, 1.82) is 0 Å². The lowest BCUT2D eigenvalue weighted by Crippen LogP contribution is -2.38. The van der Waals surface area contributed by atoms with Gasteiger partial charge in [0.1, 0.15) is 0 Å². The van der Waals surface area contributed by atoms with Crippen LogP contribution in [0, 0.1) is 21.7 Å². The molecule has 1 rings (SSSR count). The van der Waals surface area contributed by atoms with Crippen molar-refractivity contribution in [3.05, 3.63) is 0 Å². The summed E-state index contributed by atoms with van der Waals surface area (Å²) in [6, 6.07) is 0. The molecule has 1 aliphatic carbocycles. The number of hydrogen-bond donors (Lipinski definition) is 0. The van der Waals surface area contributed by atoms with Crippen LogP contribution in [0.3, 0.4) is 0 Å². The Morgan fingerprint density at radius 1 is 0.375 bits per heavy atom. The summed E-state index contributed by atoms with van der Waals surface area (Å²) in [5, 5.41) is 0. The lowest BCUT2D eigenvalue weighted by Gasteiger charge is -2.49. The fourth-order valence-corrected chi connectivity index (χ4v) is 5.43. The summed E-state index contributed by atoms with van der Waals surface area (Å²) >= 11 is 0. The van der Waals surface area contributed by atoms with Gasteiger partial charge in [0.05, 0.1) is 0 Å². The van der Waals surface area contributed by atoms with Gasteiger partial charge in [-0.05, 0) is 47.3 Å². The molecular weight excluding hydrogens is 192 g/mol. The summed E-state index contributed by atoms with van der Waals surface area (Å²) in [7, 11) is 0. The Kier molecular flexibility index (Phi) is 3.30. The minimum absolute atomic E-state index is 0.490. The molecule has 0 aromatic rings. The molecule has 1 aliphatic rings. The minimum atomic E-state index is 0.490. The number of rotatable bonds is 0. The summed E-state index contributed by atoms with van der Waals surface area (Å²) in [6.45, 7) is 19.6. The maximum absolute atomic E-state index is 2.45. The van der Waals surface area contributed by atoms with Crippen molar-refractivity contribution in [3.8, 4) is 0 Å². The molecule has 0 saturated heterocycles. The summed E-state index contributed by atoms with van der Waals surface area (Å²) < 4.78 is 0. The molecule has 0 atom stereocenters. The van der Waals surface area contributed by atoms with Crippen LogP contribution < -0.4 is 0 Å². The predicted octanol–water partition coefficient (Wildman–Crippen LogP) is 5.67. The molecule has 1 saturated carbocycles. The van der Waals surface area contributed by atoms with E-state index in [9.17, 15) is 0 Å². The highest BCUT2D eigenvalue weighted by atomic mass is 14.5. The topological polar surface area (TPSA) is 0 Å². The van der Waals surface area contributed by atoms with Gasteiger partial charge in [-0.2, -0.15) is 0 Å². The van der Waals surface area contributed by atoms with Crippen LogP contribution in [0.2, 0.25) is 0 Å². The molecule has 0 spiro atoms. The molecule has 0 heterocycles. The maximum Gasteiger partial charge on any atom is -0.0344 e. The zero-order valence-corrected chi connectivity index (χ0v) is 12.8. The third-order valence-electron chi connectivity index (χ3n) is 3.83. The highest BCUT2D eigenvalue weighted by Crippen LogP contribution is 2.53. The normalized spacial score (nSPS) is 31.5. The average Bonchev–Trinajstić information content (AvgIpc) is 1.67. The second-order valence-corrected chi connectivity index (χ2v) is 9.36. The third kappa shape index (κ3) is 4.11. The van der Waals surface area contributed by atoms with Crippen molar-refractivity contribution in [1.82, 2.24) is 0 Å². The molecule has 1 fully saturated rings. The van der Waals surface area contributed by atoms with E-state index in [1.165, 1.54) is 25.7 Å². The van der Waals surface area contributed by atoms with Gasteiger partial charge in [-0.25, -0.2) is 0 Å². The predicted molar refractivity (Wildman–Crippen MR) is 73.6 cm³/mol. The Balaban J connectivity index is 2.98. The standard InChI is InChI=1S/C16H32/c1-13(2)9-14(3,4)11-16(7,8)12-15(5,6)10-13/h9-12H2,1-8H3. The van der Waals surface area contributed by atoms with Crippen LogP contribution in [0.25, 0.3) is 0 Å². The van der Waals surface area contributed by atoms with Crippen LogP contribution in [0.15, 0.2) is 0 Å². The first kappa shape index (κ1) is 14.1. The zero-order chi connectivity index (χ0) is 12.8. The monoisotopic (exact) mass is 224 g/mol. The van der Waals surface area contributed by atoms with Crippen LogP contribution in [0.5, 0.6) is 0 Å². The lowest BCUT2D eigenvalue weighted by molar-refractivity contribution is 0.0205. The van der Waals surface area contributed by atoms with Crippen LogP contribution in [-0.2, 0) is 0 Å². The van der Waals surface area contributed by atoms with Crippen molar-refractivity contribution in [2.24, 2.45) is 21.7 Å². The lowest BCUT2D eigenvalue weighted by atomic mass is 9.56. The van der Waals surface area contributed by atoms with Gasteiger partial charge in [-0.15, -0.1) is 0 Å². The molecule has 0 radical (unpaired) electrons. The Bertz CT molecular complexity index is 181. The van der Waals surface area contributed by atoms with Crippen molar-refractivity contribution in [3.63, 3.8) is 0 Å². The molecule has 0 N–H and O–H groups in total.